The van der Waals surface area contributed by atoms with Gasteiger partial charge in [-0.25, -0.2) is 14.9 Å². The van der Waals surface area contributed by atoms with Crippen LogP contribution in [0.25, 0.3) is 10.9 Å². The van der Waals surface area contributed by atoms with Gasteiger partial charge in [-0.3, -0.25) is 4.79 Å². The third-order valence-electron chi connectivity index (χ3n) is 4.32. The Labute approximate surface area is 138 Å². The van der Waals surface area contributed by atoms with Crippen LogP contribution in [0.15, 0.2) is 58.3 Å². The number of aliphatic imine (C=N–C) groups is 1. The third kappa shape index (κ3) is 2.23. The summed E-state index contributed by atoms with van der Waals surface area (Å²) in [6.07, 6.45) is 0.659. The zero-order valence-corrected chi connectivity index (χ0v) is 13.3. The van der Waals surface area contributed by atoms with Gasteiger partial charge in [-0.1, -0.05) is 43.3 Å². The van der Waals surface area contributed by atoms with Gasteiger partial charge in [-0.2, -0.15) is 4.99 Å². The van der Waals surface area contributed by atoms with Gasteiger partial charge < -0.3 is 5.73 Å². The van der Waals surface area contributed by atoms with Crippen LogP contribution in [-0.4, -0.2) is 10.9 Å². The Kier molecular flexibility index (Phi) is 3.30. The summed E-state index contributed by atoms with van der Waals surface area (Å²) < 4.78 is 1.97. The highest BCUT2D eigenvalue weighted by Gasteiger charge is 2.30. The van der Waals surface area contributed by atoms with Crippen LogP contribution >= 0.6 is 0 Å². The van der Waals surface area contributed by atoms with Crippen molar-refractivity contribution >= 4 is 22.8 Å². The maximum absolute atomic E-state index is 12.3. The first-order valence-corrected chi connectivity index (χ1v) is 7.93. The molecule has 0 unspecified atom stereocenters. The van der Waals surface area contributed by atoms with Gasteiger partial charge in [0.25, 0.3) is 5.96 Å². The van der Waals surface area contributed by atoms with Crippen molar-refractivity contribution in [2.24, 2.45) is 10.7 Å². The summed E-state index contributed by atoms with van der Waals surface area (Å²) in [6.45, 7) is 2.12. The number of aromatic nitrogens is 2. The Morgan fingerprint density at radius 2 is 1.92 bits per heavy atom. The van der Waals surface area contributed by atoms with Crippen LogP contribution in [0.4, 0.5) is 5.95 Å². The SMILES string of the molecule is CCc1ccc([C@@H]2N=C(N)Nc3[nH]c(=O)c4ccccc4[n+]32)cc1. The van der Waals surface area contributed by atoms with Gasteiger partial charge >= 0.3 is 11.5 Å². The predicted octanol–water partition coefficient (Wildman–Crippen LogP) is 1.67. The van der Waals surface area contributed by atoms with Crippen LogP contribution in [0.3, 0.4) is 0 Å². The molecule has 1 aliphatic heterocycles. The van der Waals surface area contributed by atoms with Gasteiger partial charge in [-0.05, 0) is 24.1 Å². The van der Waals surface area contributed by atoms with Crippen LogP contribution in [0.2, 0.25) is 0 Å². The number of nitrogens with zero attached hydrogens (tertiary/aromatic N) is 2. The molecular formula is C18H18N5O+. The molecule has 120 valence electrons. The standard InChI is InChI=1S/C18H17N5O/c1-2-11-7-9-12(10-8-11)15-20-17(19)22-18-21-16(24)13-5-3-4-6-14(13)23(15)18/h3-10,15H,2H2,1H3,(H3,19,20,21,22,24)/p+1/t15-/m1/s1. The van der Waals surface area contributed by atoms with E-state index in [0.717, 1.165) is 17.5 Å². The van der Waals surface area contributed by atoms with Gasteiger partial charge in [-0.15, -0.1) is 0 Å². The maximum atomic E-state index is 12.3. The summed E-state index contributed by atoms with van der Waals surface area (Å²) in [5.41, 5.74) is 8.87. The fourth-order valence-electron chi connectivity index (χ4n) is 3.07. The molecule has 6 nitrogen and oxygen atoms in total. The minimum atomic E-state index is -0.325. The van der Waals surface area contributed by atoms with E-state index >= 15 is 0 Å². The Morgan fingerprint density at radius 3 is 2.67 bits per heavy atom. The molecule has 0 radical (unpaired) electrons. The number of hydrogen-bond acceptors (Lipinski definition) is 4. The lowest BCUT2D eigenvalue weighted by Crippen LogP contribution is -2.51. The Balaban J connectivity index is 1.97. The molecule has 0 saturated heterocycles. The molecule has 6 heteroatoms. The van der Waals surface area contributed by atoms with Crippen LogP contribution in [-0.2, 0) is 6.42 Å². The third-order valence-corrected chi connectivity index (χ3v) is 4.32. The second-order valence-corrected chi connectivity index (χ2v) is 5.80. The number of rotatable bonds is 2. The van der Waals surface area contributed by atoms with E-state index in [2.05, 4.69) is 46.5 Å². The van der Waals surface area contributed by atoms with Crippen molar-refractivity contribution in [1.82, 2.24) is 4.98 Å². The number of guanidine groups is 1. The minimum absolute atomic E-state index is 0.154. The second-order valence-electron chi connectivity index (χ2n) is 5.80. The minimum Gasteiger partial charge on any atom is -0.357 e. The smallest absolute Gasteiger partial charge is 0.357 e. The van der Waals surface area contributed by atoms with Gasteiger partial charge in [0.2, 0.25) is 6.17 Å². The van der Waals surface area contributed by atoms with Crippen molar-refractivity contribution < 1.29 is 4.57 Å². The summed E-state index contributed by atoms with van der Waals surface area (Å²) in [6, 6.07) is 15.8. The highest BCUT2D eigenvalue weighted by atomic mass is 16.1. The summed E-state index contributed by atoms with van der Waals surface area (Å²) >= 11 is 0. The number of aryl methyl sites for hydroxylation is 1. The molecule has 0 spiro atoms. The average Bonchev–Trinajstić information content (AvgIpc) is 2.61. The van der Waals surface area contributed by atoms with Gasteiger partial charge in [0.05, 0.1) is 5.39 Å². The van der Waals surface area contributed by atoms with E-state index in [9.17, 15) is 4.79 Å². The zero-order valence-electron chi connectivity index (χ0n) is 13.3. The number of nitrogens with two attached hydrogens (primary N) is 1. The van der Waals surface area contributed by atoms with Crippen LogP contribution in [0.1, 0.15) is 24.2 Å². The molecule has 0 saturated carbocycles. The van der Waals surface area contributed by atoms with E-state index < -0.39 is 0 Å². The van der Waals surface area contributed by atoms with E-state index in [-0.39, 0.29) is 17.7 Å². The summed E-state index contributed by atoms with van der Waals surface area (Å²) in [7, 11) is 0. The molecule has 4 N–H and O–H groups in total. The molecule has 1 aromatic heterocycles. The molecule has 0 aliphatic carbocycles. The van der Waals surface area contributed by atoms with Crippen molar-refractivity contribution in [3.05, 3.63) is 70.0 Å². The first-order chi connectivity index (χ1) is 11.7. The van der Waals surface area contributed by atoms with Crippen molar-refractivity contribution in [1.29, 1.82) is 0 Å². The number of para-hydroxylation sites is 1. The summed E-state index contributed by atoms with van der Waals surface area (Å²) in [5, 5.41) is 3.57. The van der Waals surface area contributed by atoms with Crippen LogP contribution < -0.4 is 21.2 Å². The molecule has 2 aromatic carbocycles. The summed E-state index contributed by atoms with van der Waals surface area (Å²) in [4.78, 5) is 19.7. The molecule has 0 fully saturated rings. The lowest BCUT2D eigenvalue weighted by molar-refractivity contribution is -0.677. The number of nitrogens with one attached hydrogen (secondary N) is 2. The van der Waals surface area contributed by atoms with Crippen molar-refractivity contribution in [2.45, 2.75) is 19.5 Å². The topological polar surface area (TPSA) is 87.1 Å². The van der Waals surface area contributed by atoms with E-state index in [1.807, 2.05) is 22.8 Å². The van der Waals surface area contributed by atoms with Gasteiger partial charge in [0.1, 0.15) is 5.52 Å². The quantitative estimate of drug-likeness (QED) is 0.628. The van der Waals surface area contributed by atoms with Crippen LogP contribution in [0, 0.1) is 0 Å². The maximum Gasteiger partial charge on any atom is 0.367 e. The number of aromatic amines is 1. The van der Waals surface area contributed by atoms with Gasteiger partial charge in [0, 0.05) is 5.56 Å². The second kappa shape index (κ2) is 5.49. The summed E-state index contributed by atoms with van der Waals surface area (Å²) in [5.74, 6) is 0.821. The monoisotopic (exact) mass is 320 g/mol. The van der Waals surface area contributed by atoms with Crippen LogP contribution in [0.5, 0.6) is 0 Å². The lowest BCUT2D eigenvalue weighted by Gasteiger charge is -2.21. The van der Waals surface area contributed by atoms with Crippen molar-refractivity contribution in [3.63, 3.8) is 0 Å². The first-order valence-electron chi connectivity index (χ1n) is 7.93. The lowest BCUT2D eigenvalue weighted by atomic mass is 10.1. The number of benzene rings is 2. The molecule has 3 aromatic rings. The number of hydrogen-bond donors (Lipinski definition) is 3. The predicted molar refractivity (Wildman–Crippen MR) is 94.0 cm³/mol. The molecule has 1 aliphatic rings. The van der Waals surface area contributed by atoms with E-state index in [4.69, 9.17) is 5.73 Å². The highest BCUT2D eigenvalue weighted by Crippen LogP contribution is 2.22. The molecule has 2 heterocycles. The first kappa shape index (κ1) is 14.4. The Bertz CT molecular complexity index is 1000. The average molecular weight is 320 g/mol. The van der Waals surface area contributed by atoms with Crippen molar-refractivity contribution in [2.75, 3.05) is 5.32 Å². The van der Waals surface area contributed by atoms with E-state index in [1.54, 1.807) is 6.07 Å². The highest BCUT2D eigenvalue weighted by molar-refractivity contribution is 5.91. The van der Waals surface area contributed by atoms with E-state index in [0.29, 0.717) is 11.3 Å². The Morgan fingerprint density at radius 1 is 1.17 bits per heavy atom. The molecular weight excluding hydrogens is 302 g/mol. The largest absolute Gasteiger partial charge is 0.367 e. The normalized spacial score (nSPS) is 16.4. The molecule has 24 heavy (non-hydrogen) atoms. The van der Waals surface area contributed by atoms with E-state index in [1.165, 1.54) is 5.56 Å². The number of anilines is 1. The fraction of sp³-hybridized carbons (Fsp3) is 0.167. The Hall–Kier alpha value is -3.15. The molecule has 4 rings (SSSR count). The zero-order chi connectivity index (χ0) is 16.7. The van der Waals surface area contributed by atoms with Gasteiger partial charge in [0.15, 0.2) is 0 Å². The molecule has 1 atom stereocenters. The molecule has 0 bridgehead atoms. The number of H-pyrrole nitrogens is 1. The fourth-order valence-corrected chi connectivity index (χ4v) is 3.07. The number of fused-ring (bicyclic) bond motifs is 3. The molecule has 0 amide bonds. The van der Waals surface area contributed by atoms with Crippen molar-refractivity contribution in [3.8, 4) is 0 Å².